The molecule has 4 amide bonds. The predicted molar refractivity (Wildman–Crippen MR) is 124 cm³/mol. The standard InChI is InChI=1S/C25H26N6O3/c1-16-3-9-20(10-4-16)31-15-21(28-29-31)17-11-13-30(14-12-17)22(32)18-5-7-19(8-6-18)25(2)23(33)26-24(34)27-25/h3-10,15,17H,11-14H2,1-2H3,(H2,26,27,33,34). The first kappa shape index (κ1) is 21.8. The zero-order valence-electron chi connectivity index (χ0n) is 19.1. The zero-order chi connectivity index (χ0) is 23.9. The molecule has 0 radical (unpaired) electrons. The van der Waals surface area contributed by atoms with E-state index in [2.05, 4.69) is 20.9 Å². The molecule has 3 aromatic rings. The van der Waals surface area contributed by atoms with Crippen LogP contribution in [0, 0.1) is 6.92 Å². The van der Waals surface area contributed by atoms with Crippen LogP contribution < -0.4 is 10.6 Å². The lowest BCUT2D eigenvalue weighted by Crippen LogP contribution is -2.40. The molecule has 2 saturated heterocycles. The van der Waals surface area contributed by atoms with Gasteiger partial charge in [-0.25, -0.2) is 9.48 Å². The van der Waals surface area contributed by atoms with E-state index in [0.29, 0.717) is 24.2 Å². The molecule has 0 aliphatic carbocycles. The summed E-state index contributed by atoms with van der Waals surface area (Å²) < 4.78 is 1.79. The number of piperidine rings is 1. The minimum atomic E-state index is -1.13. The van der Waals surface area contributed by atoms with E-state index in [-0.39, 0.29) is 11.8 Å². The van der Waals surface area contributed by atoms with E-state index in [9.17, 15) is 14.4 Å². The normalized spacial score (nSPS) is 20.8. The molecule has 0 saturated carbocycles. The molecule has 9 heteroatoms. The van der Waals surface area contributed by atoms with Gasteiger partial charge < -0.3 is 10.2 Å². The van der Waals surface area contributed by atoms with Crippen LogP contribution in [0.4, 0.5) is 4.79 Å². The van der Waals surface area contributed by atoms with E-state index in [1.807, 2.05) is 42.3 Å². The Morgan fingerprint density at radius 3 is 2.32 bits per heavy atom. The number of aromatic nitrogens is 3. The Balaban J connectivity index is 1.21. The topological polar surface area (TPSA) is 109 Å². The fraction of sp³-hybridized carbons (Fsp3) is 0.320. The third-order valence-corrected chi connectivity index (χ3v) is 6.76. The SMILES string of the molecule is Cc1ccc(-n2cc(C3CCN(C(=O)c4ccc(C5(C)NC(=O)NC5=O)cc4)CC3)nn2)cc1. The van der Waals surface area contributed by atoms with Gasteiger partial charge in [-0.3, -0.25) is 14.9 Å². The lowest BCUT2D eigenvalue weighted by Gasteiger charge is -2.31. The van der Waals surface area contributed by atoms with Gasteiger partial charge in [-0.1, -0.05) is 35.0 Å². The van der Waals surface area contributed by atoms with Gasteiger partial charge in [0.1, 0.15) is 5.54 Å². The van der Waals surface area contributed by atoms with Crippen molar-refractivity contribution in [3.63, 3.8) is 0 Å². The van der Waals surface area contributed by atoms with Crippen molar-refractivity contribution in [2.75, 3.05) is 13.1 Å². The molecule has 174 valence electrons. The molecular weight excluding hydrogens is 432 g/mol. The molecule has 2 aliphatic heterocycles. The molecule has 1 atom stereocenters. The molecule has 2 aromatic carbocycles. The summed E-state index contributed by atoms with van der Waals surface area (Å²) in [6.45, 7) is 4.97. The molecule has 9 nitrogen and oxygen atoms in total. The minimum Gasteiger partial charge on any atom is -0.339 e. The number of rotatable bonds is 4. The Morgan fingerprint density at radius 1 is 1.03 bits per heavy atom. The van der Waals surface area contributed by atoms with E-state index in [0.717, 1.165) is 24.2 Å². The lowest BCUT2D eigenvalue weighted by atomic mass is 9.91. The summed E-state index contributed by atoms with van der Waals surface area (Å²) in [5.41, 5.74) is 3.17. The third-order valence-electron chi connectivity index (χ3n) is 6.76. The number of nitrogens with zero attached hydrogens (tertiary/aromatic N) is 4. The number of carbonyl (C=O) groups is 3. The van der Waals surface area contributed by atoms with Crippen LogP contribution in [0.3, 0.4) is 0 Å². The van der Waals surface area contributed by atoms with Gasteiger partial charge in [0.15, 0.2) is 0 Å². The second-order valence-corrected chi connectivity index (χ2v) is 9.10. The van der Waals surface area contributed by atoms with Crippen LogP contribution in [-0.4, -0.2) is 50.8 Å². The third kappa shape index (κ3) is 3.93. The van der Waals surface area contributed by atoms with Crippen molar-refractivity contribution in [1.82, 2.24) is 30.5 Å². The van der Waals surface area contributed by atoms with Crippen molar-refractivity contribution < 1.29 is 14.4 Å². The zero-order valence-corrected chi connectivity index (χ0v) is 19.1. The maximum atomic E-state index is 13.0. The first-order valence-electron chi connectivity index (χ1n) is 11.4. The Kier molecular flexibility index (Phi) is 5.39. The molecule has 2 aliphatic rings. The van der Waals surface area contributed by atoms with E-state index < -0.39 is 17.5 Å². The van der Waals surface area contributed by atoms with E-state index in [4.69, 9.17) is 0 Å². The largest absolute Gasteiger partial charge is 0.339 e. The summed E-state index contributed by atoms with van der Waals surface area (Å²) in [5.74, 6) is -0.189. The number of hydrogen-bond donors (Lipinski definition) is 2. The molecule has 34 heavy (non-hydrogen) atoms. The minimum absolute atomic E-state index is 0.0432. The van der Waals surface area contributed by atoms with Crippen molar-refractivity contribution in [3.05, 3.63) is 77.1 Å². The van der Waals surface area contributed by atoms with Crippen LogP contribution in [-0.2, 0) is 10.3 Å². The van der Waals surface area contributed by atoms with E-state index >= 15 is 0 Å². The van der Waals surface area contributed by atoms with Crippen LogP contribution in [0.1, 0.15) is 52.9 Å². The summed E-state index contributed by atoms with van der Waals surface area (Å²) >= 11 is 0. The number of amides is 4. The Hall–Kier alpha value is -4.01. The summed E-state index contributed by atoms with van der Waals surface area (Å²) in [7, 11) is 0. The van der Waals surface area contributed by atoms with Gasteiger partial charge in [0, 0.05) is 24.6 Å². The summed E-state index contributed by atoms with van der Waals surface area (Å²) in [4.78, 5) is 38.5. The number of carbonyl (C=O) groups excluding carboxylic acids is 3. The quantitative estimate of drug-likeness (QED) is 0.584. The Labute approximate surface area is 197 Å². The van der Waals surface area contributed by atoms with E-state index in [1.54, 1.807) is 35.9 Å². The molecule has 1 aromatic heterocycles. The molecule has 1 unspecified atom stereocenters. The maximum absolute atomic E-state index is 13.0. The van der Waals surface area contributed by atoms with Crippen LogP contribution in [0.5, 0.6) is 0 Å². The highest BCUT2D eigenvalue weighted by Crippen LogP contribution is 2.29. The van der Waals surface area contributed by atoms with Gasteiger partial charge in [0.25, 0.3) is 11.8 Å². The fourth-order valence-corrected chi connectivity index (χ4v) is 4.54. The fourth-order valence-electron chi connectivity index (χ4n) is 4.54. The van der Waals surface area contributed by atoms with Gasteiger partial charge in [-0.15, -0.1) is 5.10 Å². The number of likely N-dealkylation sites (tertiary alicyclic amines) is 1. The molecule has 0 bridgehead atoms. The van der Waals surface area contributed by atoms with Crippen molar-refractivity contribution in [2.45, 2.75) is 38.1 Å². The van der Waals surface area contributed by atoms with Gasteiger partial charge in [-0.2, -0.15) is 0 Å². The van der Waals surface area contributed by atoms with Gasteiger partial charge in [0.2, 0.25) is 0 Å². The highest BCUT2D eigenvalue weighted by Gasteiger charge is 2.43. The number of nitrogens with one attached hydrogen (secondary N) is 2. The van der Waals surface area contributed by atoms with Crippen LogP contribution in [0.25, 0.3) is 5.69 Å². The average molecular weight is 459 g/mol. The highest BCUT2D eigenvalue weighted by molar-refractivity contribution is 6.07. The Bertz CT molecular complexity index is 1240. The molecule has 0 spiro atoms. The molecule has 2 fully saturated rings. The van der Waals surface area contributed by atoms with Crippen molar-refractivity contribution >= 4 is 17.8 Å². The summed E-state index contributed by atoms with van der Waals surface area (Å²) in [6, 6.07) is 14.5. The molecule has 3 heterocycles. The number of imide groups is 1. The number of aryl methyl sites for hydroxylation is 1. The van der Waals surface area contributed by atoms with E-state index in [1.165, 1.54) is 5.56 Å². The van der Waals surface area contributed by atoms with Gasteiger partial charge >= 0.3 is 6.03 Å². The van der Waals surface area contributed by atoms with Crippen LogP contribution in [0.2, 0.25) is 0 Å². The van der Waals surface area contributed by atoms with Crippen molar-refractivity contribution in [2.24, 2.45) is 0 Å². The monoisotopic (exact) mass is 458 g/mol. The second-order valence-electron chi connectivity index (χ2n) is 9.10. The van der Waals surface area contributed by atoms with Crippen molar-refractivity contribution in [3.8, 4) is 5.69 Å². The number of urea groups is 1. The molecule has 2 N–H and O–H groups in total. The number of hydrogen-bond acceptors (Lipinski definition) is 5. The smallest absolute Gasteiger partial charge is 0.322 e. The maximum Gasteiger partial charge on any atom is 0.322 e. The summed E-state index contributed by atoms with van der Waals surface area (Å²) in [6.07, 6.45) is 3.62. The first-order chi connectivity index (χ1) is 16.3. The van der Waals surface area contributed by atoms with Crippen LogP contribution in [0.15, 0.2) is 54.7 Å². The molecule has 5 rings (SSSR count). The average Bonchev–Trinajstić information content (AvgIpc) is 3.44. The number of benzene rings is 2. The Morgan fingerprint density at radius 2 is 1.71 bits per heavy atom. The van der Waals surface area contributed by atoms with Crippen LogP contribution >= 0.6 is 0 Å². The predicted octanol–water partition coefficient (Wildman–Crippen LogP) is 2.65. The highest BCUT2D eigenvalue weighted by atomic mass is 16.2. The van der Waals surface area contributed by atoms with Gasteiger partial charge in [0.05, 0.1) is 17.6 Å². The lowest BCUT2D eigenvalue weighted by molar-refractivity contribution is -0.123. The van der Waals surface area contributed by atoms with Gasteiger partial charge in [-0.05, 0) is 56.5 Å². The second kappa shape index (κ2) is 8.40. The molecular formula is C25H26N6O3. The van der Waals surface area contributed by atoms with Crippen molar-refractivity contribution in [1.29, 1.82) is 0 Å². The summed E-state index contributed by atoms with van der Waals surface area (Å²) in [5, 5.41) is 13.5. The first-order valence-corrected chi connectivity index (χ1v) is 11.4.